The second-order valence-electron chi connectivity index (χ2n) is 5.82. The number of aromatic hydroxyl groups is 1. The molecule has 0 bridgehead atoms. The highest BCUT2D eigenvalue weighted by atomic mass is 16.3. The summed E-state index contributed by atoms with van der Waals surface area (Å²) < 4.78 is 2.27. The molecule has 132 valence electrons. The fourth-order valence-corrected chi connectivity index (χ4v) is 2.40. The number of aliphatic imine (C=N–C) groups is 1. The smallest absolute Gasteiger partial charge is 0.334 e. The molecular weight excluding hydrogens is 318 g/mol. The Bertz CT molecular complexity index is 890. The van der Waals surface area contributed by atoms with Gasteiger partial charge in [0.05, 0.1) is 5.69 Å². The molecule has 0 amide bonds. The normalized spacial score (nSPS) is 11.1. The average Bonchev–Trinajstić information content (AvgIpc) is 2.60. The summed E-state index contributed by atoms with van der Waals surface area (Å²) in [4.78, 5) is 29.2. The third-order valence-electron chi connectivity index (χ3n) is 3.86. The van der Waals surface area contributed by atoms with E-state index in [1.54, 1.807) is 0 Å². The van der Waals surface area contributed by atoms with E-state index in [4.69, 9.17) is 0 Å². The Morgan fingerprint density at radius 2 is 1.88 bits per heavy atom. The van der Waals surface area contributed by atoms with Crippen LogP contribution in [-0.2, 0) is 13.1 Å². The third-order valence-corrected chi connectivity index (χ3v) is 3.86. The van der Waals surface area contributed by atoms with Gasteiger partial charge in [-0.1, -0.05) is 37.1 Å². The molecule has 0 unspecified atom stereocenters. The molecular formula is C19H23N3O3. The Labute approximate surface area is 146 Å². The predicted molar refractivity (Wildman–Crippen MR) is 100 cm³/mol. The van der Waals surface area contributed by atoms with Gasteiger partial charge >= 0.3 is 5.69 Å². The van der Waals surface area contributed by atoms with E-state index >= 15 is 0 Å². The molecule has 0 saturated heterocycles. The van der Waals surface area contributed by atoms with Crippen LogP contribution in [-0.4, -0.2) is 20.5 Å². The van der Waals surface area contributed by atoms with Gasteiger partial charge in [0, 0.05) is 19.3 Å². The number of nitrogens with zero attached hydrogens (tertiary/aromatic N) is 3. The van der Waals surface area contributed by atoms with Crippen LogP contribution in [0, 0.1) is 6.92 Å². The molecule has 1 heterocycles. The third kappa shape index (κ3) is 4.15. The van der Waals surface area contributed by atoms with Crippen molar-refractivity contribution in [2.75, 3.05) is 0 Å². The van der Waals surface area contributed by atoms with E-state index < -0.39 is 11.2 Å². The molecule has 6 heteroatoms. The minimum Gasteiger partial charge on any atom is -0.494 e. The van der Waals surface area contributed by atoms with Crippen LogP contribution in [0.5, 0.6) is 5.88 Å². The lowest BCUT2D eigenvalue weighted by Gasteiger charge is -2.13. The maximum Gasteiger partial charge on any atom is 0.334 e. The molecule has 0 aliphatic carbocycles. The van der Waals surface area contributed by atoms with Gasteiger partial charge in [-0.05, 0) is 25.5 Å². The van der Waals surface area contributed by atoms with Crippen LogP contribution in [0.3, 0.4) is 0 Å². The van der Waals surface area contributed by atoms with E-state index in [2.05, 4.69) is 11.6 Å². The highest BCUT2D eigenvalue weighted by molar-refractivity contribution is 5.84. The maximum atomic E-state index is 12.6. The molecule has 2 rings (SSSR count). The van der Waals surface area contributed by atoms with Crippen LogP contribution in [0.4, 0.5) is 5.69 Å². The van der Waals surface area contributed by atoms with Gasteiger partial charge in [-0.2, -0.15) is 0 Å². The molecule has 0 aliphatic heterocycles. The van der Waals surface area contributed by atoms with Gasteiger partial charge < -0.3 is 5.11 Å². The monoisotopic (exact) mass is 341 g/mol. The number of aryl methyl sites for hydroxylation is 1. The van der Waals surface area contributed by atoms with Gasteiger partial charge in [0.25, 0.3) is 5.56 Å². The lowest BCUT2D eigenvalue weighted by atomic mass is 10.2. The summed E-state index contributed by atoms with van der Waals surface area (Å²) >= 11 is 0. The van der Waals surface area contributed by atoms with Gasteiger partial charge in [-0.15, -0.1) is 6.58 Å². The van der Waals surface area contributed by atoms with E-state index in [1.165, 1.54) is 16.9 Å². The molecule has 0 atom stereocenters. The summed E-state index contributed by atoms with van der Waals surface area (Å²) in [7, 11) is 0. The Morgan fingerprint density at radius 3 is 2.48 bits per heavy atom. The quantitative estimate of drug-likeness (QED) is 0.621. The number of hydrogen-bond acceptors (Lipinski definition) is 4. The Balaban J connectivity index is 2.56. The zero-order valence-electron chi connectivity index (χ0n) is 14.6. The predicted octanol–water partition coefficient (Wildman–Crippen LogP) is 2.76. The second-order valence-corrected chi connectivity index (χ2v) is 5.82. The highest BCUT2D eigenvalue weighted by Crippen LogP contribution is 2.15. The molecule has 25 heavy (non-hydrogen) atoms. The molecule has 1 aromatic heterocycles. The summed E-state index contributed by atoms with van der Waals surface area (Å²) in [6.07, 6.45) is 4.36. The first kappa shape index (κ1) is 18.4. The summed E-state index contributed by atoms with van der Waals surface area (Å²) in [6.45, 7) is 7.95. The second kappa shape index (κ2) is 8.28. The molecule has 0 fully saturated rings. The van der Waals surface area contributed by atoms with Crippen molar-refractivity contribution in [1.82, 2.24) is 9.13 Å². The fourth-order valence-electron chi connectivity index (χ4n) is 2.40. The number of allylic oxidation sites excluding steroid dienone is 1. The van der Waals surface area contributed by atoms with Crippen molar-refractivity contribution in [1.29, 1.82) is 0 Å². The molecule has 0 aliphatic rings. The molecule has 2 aromatic rings. The first-order valence-corrected chi connectivity index (χ1v) is 8.27. The molecule has 0 saturated carbocycles. The first-order valence-electron chi connectivity index (χ1n) is 8.27. The zero-order valence-corrected chi connectivity index (χ0v) is 14.6. The van der Waals surface area contributed by atoms with E-state index in [0.29, 0.717) is 18.7 Å². The average molecular weight is 341 g/mol. The minimum atomic E-state index is -0.578. The van der Waals surface area contributed by atoms with E-state index in [0.717, 1.165) is 16.6 Å². The number of hydrogen-bond donors (Lipinski definition) is 1. The Morgan fingerprint density at radius 1 is 1.20 bits per heavy atom. The highest BCUT2D eigenvalue weighted by Gasteiger charge is 2.16. The van der Waals surface area contributed by atoms with Crippen molar-refractivity contribution >= 4 is 11.9 Å². The largest absolute Gasteiger partial charge is 0.494 e. The number of rotatable bonds is 7. The SMILES string of the molecule is C=CCn1c(=O)c(C=Nc2ccc(C)cc2)c(O)n(CCCC)c1=O. The topological polar surface area (TPSA) is 76.6 Å². The lowest BCUT2D eigenvalue weighted by Crippen LogP contribution is -2.41. The number of unbranched alkanes of at least 4 members (excludes halogenated alkanes) is 1. The standard InChI is InChI=1S/C19H23N3O3/c1-4-6-12-22-18(24)16(17(23)21(11-5-2)19(22)25)13-20-15-9-7-14(3)8-10-15/h5,7-10,13,24H,2,4,6,11-12H2,1,3H3. The van der Waals surface area contributed by atoms with Crippen LogP contribution in [0.1, 0.15) is 30.9 Å². The van der Waals surface area contributed by atoms with Crippen LogP contribution in [0.25, 0.3) is 0 Å². The molecule has 1 aromatic carbocycles. The molecule has 1 N–H and O–H groups in total. The first-order chi connectivity index (χ1) is 12.0. The lowest BCUT2D eigenvalue weighted by molar-refractivity contribution is 0.385. The summed E-state index contributed by atoms with van der Waals surface area (Å²) in [6, 6.07) is 7.45. The van der Waals surface area contributed by atoms with E-state index in [-0.39, 0.29) is 18.0 Å². The van der Waals surface area contributed by atoms with Gasteiger partial charge in [0.15, 0.2) is 0 Å². The van der Waals surface area contributed by atoms with Crippen molar-refractivity contribution in [3.8, 4) is 5.88 Å². The van der Waals surface area contributed by atoms with E-state index in [1.807, 2.05) is 38.1 Å². The summed E-state index contributed by atoms with van der Waals surface area (Å²) in [5.74, 6) is -0.348. The van der Waals surface area contributed by atoms with Gasteiger partial charge in [0.2, 0.25) is 5.88 Å². The van der Waals surface area contributed by atoms with Crippen LogP contribution in [0.2, 0.25) is 0 Å². The molecule has 0 radical (unpaired) electrons. The zero-order chi connectivity index (χ0) is 18.4. The van der Waals surface area contributed by atoms with Crippen molar-refractivity contribution in [3.63, 3.8) is 0 Å². The Hall–Kier alpha value is -2.89. The van der Waals surface area contributed by atoms with Crippen molar-refractivity contribution in [2.45, 2.75) is 39.8 Å². The fraction of sp³-hybridized carbons (Fsp3) is 0.316. The van der Waals surface area contributed by atoms with Gasteiger partial charge in [-0.3, -0.25) is 18.9 Å². The van der Waals surface area contributed by atoms with Crippen LogP contribution < -0.4 is 11.2 Å². The number of aromatic nitrogens is 2. The molecule has 6 nitrogen and oxygen atoms in total. The van der Waals surface area contributed by atoms with Crippen LogP contribution in [0.15, 0.2) is 51.5 Å². The summed E-state index contributed by atoms with van der Waals surface area (Å²) in [5.41, 5.74) is 0.640. The van der Waals surface area contributed by atoms with Crippen LogP contribution >= 0.6 is 0 Å². The van der Waals surface area contributed by atoms with Crippen molar-refractivity contribution in [2.24, 2.45) is 4.99 Å². The maximum absolute atomic E-state index is 12.6. The van der Waals surface area contributed by atoms with Crippen molar-refractivity contribution in [3.05, 3.63) is 68.9 Å². The summed E-state index contributed by atoms with van der Waals surface area (Å²) in [5, 5.41) is 10.4. The van der Waals surface area contributed by atoms with Crippen molar-refractivity contribution < 1.29 is 5.11 Å². The molecule has 0 spiro atoms. The van der Waals surface area contributed by atoms with Gasteiger partial charge in [-0.25, -0.2) is 4.79 Å². The van der Waals surface area contributed by atoms with E-state index in [9.17, 15) is 14.7 Å². The van der Waals surface area contributed by atoms with Gasteiger partial charge in [0.1, 0.15) is 5.56 Å². The number of benzene rings is 1. The Kier molecular flexibility index (Phi) is 6.11. The minimum absolute atomic E-state index is 0.00173.